The maximum atomic E-state index is 11.8. The van der Waals surface area contributed by atoms with E-state index >= 15 is 0 Å². The van der Waals surface area contributed by atoms with Gasteiger partial charge in [0.1, 0.15) is 5.92 Å². The lowest BCUT2D eigenvalue weighted by atomic mass is 9.95. The number of nitro groups is 1. The van der Waals surface area contributed by atoms with Crippen molar-refractivity contribution in [1.29, 1.82) is 5.26 Å². The number of nitriles is 1. The smallest absolute Gasteiger partial charge is 0.273 e. The van der Waals surface area contributed by atoms with Gasteiger partial charge in [-0.3, -0.25) is 14.9 Å². The number of carbonyl (C=O) groups is 1. The first-order valence-electron chi connectivity index (χ1n) is 5.20. The molecule has 1 aromatic carbocycles. The van der Waals surface area contributed by atoms with Crippen LogP contribution < -0.4 is 0 Å². The normalized spacial score (nSPS) is 11.6. The Morgan fingerprint density at radius 3 is 2.71 bits per heavy atom. The van der Waals surface area contributed by atoms with Crippen LogP contribution in [0, 0.1) is 34.3 Å². The highest BCUT2D eigenvalue weighted by molar-refractivity contribution is 5.99. The van der Waals surface area contributed by atoms with Gasteiger partial charge in [0.2, 0.25) is 0 Å². The summed E-state index contributed by atoms with van der Waals surface area (Å²) in [5.74, 6) is -1.10. The van der Waals surface area contributed by atoms with Crippen molar-refractivity contribution < 1.29 is 9.72 Å². The SMILES string of the molecule is CCC(C#N)C(=O)c1ccc(C)c([N+](=O)[O-])c1. The predicted octanol–water partition coefficient (Wildman–Crippen LogP) is 2.64. The fourth-order valence-electron chi connectivity index (χ4n) is 1.50. The Kier molecular flexibility index (Phi) is 3.94. The first-order valence-corrected chi connectivity index (χ1v) is 5.20. The summed E-state index contributed by atoms with van der Waals surface area (Å²) in [5, 5.41) is 19.5. The molecule has 0 fully saturated rings. The van der Waals surface area contributed by atoms with Gasteiger partial charge in [-0.25, -0.2) is 0 Å². The van der Waals surface area contributed by atoms with Crippen molar-refractivity contribution in [2.24, 2.45) is 5.92 Å². The van der Waals surface area contributed by atoms with Crippen LogP contribution in [0.5, 0.6) is 0 Å². The van der Waals surface area contributed by atoms with Crippen molar-refractivity contribution in [3.8, 4) is 6.07 Å². The van der Waals surface area contributed by atoms with Gasteiger partial charge in [-0.2, -0.15) is 5.26 Å². The Hall–Kier alpha value is -2.22. The quantitative estimate of drug-likeness (QED) is 0.453. The number of benzene rings is 1. The maximum Gasteiger partial charge on any atom is 0.273 e. The molecule has 1 unspecified atom stereocenters. The van der Waals surface area contributed by atoms with E-state index in [9.17, 15) is 14.9 Å². The zero-order chi connectivity index (χ0) is 13.0. The van der Waals surface area contributed by atoms with Crippen LogP contribution >= 0.6 is 0 Å². The molecule has 17 heavy (non-hydrogen) atoms. The fourth-order valence-corrected chi connectivity index (χ4v) is 1.50. The van der Waals surface area contributed by atoms with Crippen molar-refractivity contribution in [3.63, 3.8) is 0 Å². The molecule has 0 saturated heterocycles. The zero-order valence-corrected chi connectivity index (χ0v) is 9.64. The van der Waals surface area contributed by atoms with Crippen molar-refractivity contribution in [2.75, 3.05) is 0 Å². The Morgan fingerprint density at radius 1 is 1.59 bits per heavy atom. The van der Waals surface area contributed by atoms with Gasteiger partial charge >= 0.3 is 0 Å². The van der Waals surface area contributed by atoms with Crippen molar-refractivity contribution >= 4 is 11.5 Å². The Labute approximate surface area is 98.8 Å². The third-order valence-corrected chi connectivity index (χ3v) is 2.57. The van der Waals surface area contributed by atoms with Gasteiger partial charge in [-0.1, -0.05) is 19.1 Å². The highest BCUT2D eigenvalue weighted by atomic mass is 16.6. The van der Waals surface area contributed by atoms with Gasteiger partial charge in [-0.15, -0.1) is 0 Å². The number of Topliss-reactive ketones (excluding diaryl/α,β-unsaturated/α-hetero) is 1. The van der Waals surface area contributed by atoms with Crippen molar-refractivity contribution in [3.05, 3.63) is 39.4 Å². The topological polar surface area (TPSA) is 84.0 Å². The van der Waals surface area contributed by atoms with Crippen LogP contribution in [0.4, 0.5) is 5.69 Å². The average Bonchev–Trinajstić information content (AvgIpc) is 2.30. The van der Waals surface area contributed by atoms with Gasteiger partial charge in [-0.05, 0) is 13.3 Å². The number of aryl methyl sites for hydroxylation is 1. The Balaban J connectivity index is 3.17. The second-order valence-electron chi connectivity index (χ2n) is 3.71. The summed E-state index contributed by atoms with van der Waals surface area (Å²) in [7, 11) is 0. The third kappa shape index (κ3) is 2.67. The molecular weight excluding hydrogens is 220 g/mol. The van der Waals surface area contributed by atoms with E-state index in [1.165, 1.54) is 18.2 Å². The molecule has 5 heteroatoms. The second-order valence-corrected chi connectivity index (χ2v) is 3.71. The van der Waals surface area contributed by atoms with Crippen LogP contribution in [0.2, 0.25) is 0 Å². The molecule has 0 saturated carbocycles. The average molecular weight is 232 g/mol. The molecule has 0 aliphatic heterocycles. The minimum absolute atomic E-state index is 0.0938. The van der Waals surface area contributed by atoms with Gasteiger partial charge in [0.15, 0.2) is 5.78 Å². The lowest BCUT2D eigenvalue weighted by Crippen LogP contribution is -2.12. The minimum atomic E-state index is -0.739. The molecule has 0 spiro atoms. The fraction of sp³-hybridized carbons (Fsp3) is 0.333. The number of rotatable bonds is 4. The number of hydrogen-bond donors (Lipinski definition) is 0. The van der Waals surface area contributed by atoms with E-state index in [-0.39, 0.29) is 17.0 Å². The predicted molar refractivity (Wildman–Crippen MR) is 61.6 cm³/mol. The van der Waals surface area contributed by atoms with Gasteiger partial charge in [0.25, 0.3) is 5.69 Å². The first kappa shape index (κ1) is 12.8. The number of carbonyl (C=O) groups excluding carboxylic acids is 1. The van der Waals surface area contributed by atoms with E-state index < -0.39 is 10.8 Å². The second kappa shape index (κ2) is 5.21. The molecule has 0 radical (unpaired) electrons. The van der Waals surface area contributed by atoms with Crippen LogP contribution in [0.1, 0.15) is 29.3 Å². The molecule has 5 nitrogen and oxygen atoms in total. The molecule has 1 atom stereocenters. The Bertz CT molecular complexity index is 503. The molecule has 88 valence electrons. The molecular formula is C12H12N2O3. The minimum Gasteiger partial charge on any atom is -0.293 e. The molecule has 0 amide bonds. The van der Waals surface area contributed by atoms with Crippen LogP contribution in [0.3, 0.4) is 0 Å². The molecule has 0 aliphatic rings. The Morgan fingerprint density at radius 2 is 2.24 bits per heavy atom. The van der Waals surface area contributed by atoms with Gasteiger partial charge in [0, 0.05) is 17.2 Å². The van der Waals surface area contributed by atoms with E-state index in [1.54, 1.807) is 13.8 Å². The molecule has 0 bridgehead atoms. The summed E-state index contributed by atoms with van der Waals surface area (Å²) in [6, 6.07) is 6.17. The zero-order valence-electron chi connectivity index (χ0n) is 9.64. The van der Waals surface area contributed by atoms with Crippen LogP contribution in [0.15, 0.2) is 18.2 Å². The number of ketones is 1. The van der Waals surface area contributed by atoms with E-state index in [4.69, 9.17) is 5.26 Å². The number of nitrogens with zero attached hydrogens (tertiary/aromatic N) is 2. The lowest BCUT2D eigenvalue weighted by molar-refractivity contribution is -0.385. The van der Waals surface area contributed by atoms with Crippen molar-refractivity contribution in [1.82, 2.24) is 0 Å². The summed E-state index contributed by atoms with van der Waals surface area (Å²) in [4.78, 5) is 22.1. The van der Waals surface area contributed by atoms with E-state index in [0.717, 1.165) is 0 Å². The molecule has 1 rings (SSSR count). The highest BCUT2D eigenvalue weighted by Gasteiger charge is 2.20. The van der Waals surface area contributed by atoms with Crippen molar-refractivity contribution in [2.45, 2.75) is 20.3 Å². The summed E-state index contributed by atoms with van der Waals surface area (Å²) >= 11 is 0. The molecule has 0 N–H and O–H groups in total. The van der Waals surface area contributed by atoms with Crippen LogP contribution in [-0.2, 0) is 0 Å². The summed E-state index contributed by atoms with van der Waals surface area (Å²) in [6.45, 7) is 3.34. The molecule has 0 aromatic heterocycles. The number of nitro benzene ring substituents is 1. The van der Waals surface area contributed by atoms with E-state index in [0.29, 0.717) is 12.0 Å². The highest BCUT2D eigenvalue weighted by Crippen LogP contribution is 2.21. The summed E-state index contributed by atoms with van der Waals surface area (Å²) in [5.41, 5.74) is 0.621. The molecule has 0 aliphatic carbocycles. The standard InChI is InChI=1S/C12H12N2O3/c1-3-9(7-13)12(15)10-5-4-8(2)11(6-10)14(16)17/h4-6,9H,3H2,1-2H3. The molecule has 1 aromatic rings. The first-order chi connectivity index (χ1) is 8.01. The summed E-state index contributed by atoms with van der Waals surface area (Å²) < 4.78 is 0. The van der Waals surface area contributed by atoms with E-state index in [2.05, 4.69) is 0 Å². The number of hydrogen-bond acceptors (Lipinski definition) is 4. The maximum absolute atomic E-state index is 11.8. The van der Waals surface area contributed by atoms with Crippen LogP contribution in [0.25, 0.3) is 0 Å². The largest absolute Gasteiger partial charge is 0.293 e. The van der Waals surface area contributed by atoms with Crippen LogP contribution in [-0.4, -0.2) is 10.7 Å². The lowest BCUT2D eigenvalue weighted by Gasteiger charge is -2.05. The molecule has 0 heterocycles. The van der Waals surface area contributed by atoms with Gasteiger partial charge < -0.3 is 0 Å². The van der Waals surface area contributed by atoms with Gasteiger partial charge in [0.05, 0.1) is 11.0 Å². The van der Waals surface area contributed by atoms with E-state index in [1.807, 2.05) is 6.07 Å². The monoisotopic (exact) mass is 232 g/mol. The third-order valence-electron chi connectivity index (χ3n) is 2.57. The summed E-state index contributed by atoms with van der Waals surface area (Å²) in [6.07, 6.45) is 0.400.